The van der Waals surface area contributed by atoms with E-state index in [1.54, 1.807) is 14.0 Å². The third kappa shape index (κ3) is 1.49. The van der Waals surface area contributed by atoms with Gasteiger partial charge in [-0.25, -0.2) is 0 Å². The highest BCUT2D eigenvalue weighted by atomic mass is 16.5. The standard InChI is InChI=1S/C14H17NO2/c1-9(16)12-5-10(3-4-13(12)17-2)14-6-11(14)7-15-8-14/h3-5,11,15H,6-8H2,1-2H3/t11?,14-/m0/s1. The molecule has 0 bridgehead atoms. The van der Waals surface area contributed by atoms with E-state index in [1.807, 2.05) is 12.1 Å². The van der Waals surface area contributed by atoms with Gasteiger partial charge in [-0.05, 0) is 43.5 Å². The fourth-order valence-corrected chi connectivity index (χ4v) is 3.08. The quantitative estimate of drug-likeness (QED) is 0.806. The van der Waals surface area contributed by atoms with Crippen LogP contribution in [0, 0.1) is 5.92 Å². The van der Waals surface area contributed by atoms with Gasteiger partial charge in [0.05, 0.1) is 12.7 Å². The first kappa shape index (κ1) is 10.8. The summed E-state index contributed by atoms with van der Waals surface area (Å²) in [4.78, 5) is 11.6. The Morgan fingerprint density at radius 2 is 2.35 bits per heavy atom. The molecule has 0 amide bonds. The number of ketones is 1. The topological polar surface area (TPSA) is 38.3 Å². The van der Waals surface area contributed by atoms with E-state index in [1.165, 1.54) is 12.0 Å². The normalized spacial score (nSPS) is 29.9. The van der Waals surface area contributed by atoms with Crippen LogP contribution in [-0.2, 0) is 5.41 Å². The van der Waals surface area contributed by atoms with Gasteiger partial charge in [-0.2, -0.15) is 0 Å². The lowest BCUT2D eigenvalue weighted by Crippen LogP contribution is -2.19. The minimum atomic E-state index is 0.0725. The van der Waals surface area contributed by atoms with E-state index < -0.39 is 0 Å². The second-order valence-electron chi connectivity index (χ2n) is 5.16. The largest absolute Gasteiger partial charge is 0.496 e. The average Bonchev–Trinajstić information content (AvgIpc) is 2.91. The van der Waals surface area contributed by atoms with Crippen molar-refractivity contribution < 1.29 is 9.53 Å². The third-order valence-electron chi connectivity index (χ3n) is 4.22. The number of piperidine rings is 1. The molecule has 2 aliphatic rings. The molecule has 1 saturated heterocycles. The van der Waals surface area contributed by atoms with Crippen molar-refractivity contribution in [2.75, 3.05) is 20.2 Å². The van der Waals surface area contributed by atoms with Crippen LogP contribution in [-0.4, -0.2) is 26.0 Å². The molecule has 0 radical (unpaired) electrons. The summed E-state index contributed by atoms with van der Waals surface area (Å²) in [6, 6.07) is 6.06. The molecule has 1 unspecified atom stereocenters. The van der Waals surface area contributed by atoms with Gasteiger partial charge in [0, 0.05) is 12.0 Å². The van der Waals surface area contributed by atoms with Gasteiger partial charge in [-0.15, -0.1) is 0 Å². The van der Waals surface area contributed by atoms with Crippen LogP contribution in [0.4, 0.5) is 0 Å². The van der Waals surface area contributed by atoms with Gasteiger partial charge in [0.25, 0.3) is 0 Å². The Bertz CT molecular complexity index is 483. The van der Waals surface area contributed by atoms with E-state index >= 15 is 0 Å². The predicted octanol–water partition coefficient (Wildman–Crippen LogP) is 1.76. The number of benzene rings is 1. The van der Waals surface area contributed by atoms with Crippen molar-refractivity contribution in [1.29, 1.82) is 0 Å². The first-order valence-corrected chi connectivity index (χ1v) is 6.07. The molecule has 3 heteroatoms. The summed E-state index contributed by atoms with van der Waals surface area (Å²) in [6.45, 7) is 3.75. The summed E-state index contributed by atoms with van der Waals surface area (Å²) >= 11 is 0. The summed E-state index contributed by atoms with van der Waals surface area (Å²) < 4.78 is 5.23. The van der Waals surface area contributed by atoms with E-state index in [0.29, 0.717) is 16.7 Å². The van der Waals surface area contributed by atoms with E-state index in [0.717, 1.165) is 19.0 Å². The molecule has 1 heterocycles. The van der Waals surface area contributed by atoms with Crippen molar-refractivity contribution >= 4 is 5.78 Å². The van der Waals surface area contributed by atoms with Gasteiger partial charge >= 0.3 is 0 Å². The van der Waals surface area contributed by atoms with Crippen LogP contribution in [0.15, 0.2) is 18.2 Å². The highest BCUT2D eigenvalue weighted by molar-refractivity contribution is 5.97. The fraction of sp³-hybridized carbons (Fsp3) is 0.500. The maximum atomic E-state index is 11.6. The van der Waals surface area contributed by atoms with Gasteiger partial charge in [-0.3, -0.25) is 4.79 Å². The van der Waals surface area contributed by atoms with Crippen molar-refractivity contribution in [3.8, 4) is 5.75 Å². The highest BCUT2D eigenvalue weighted by Crippen LogP contribution is 2.56. The minimum Gasteiger partial charge on any atom is -0.496 e. The van der Waals surface area contributed by atoms with Crippen LogP contribution in [0.2, 0.25) is 0 Å². The maximum Gasteiger partial charge on any atom is 0.163 e. The first-order chi connectivity index (χ1) is 8.17. The van der Waals surface area contributed by atoms with Gasteiger partial charge < -0.3 is 10.1 Å². The summed E-state index contributed by atoms with van der Waals surface area (Å²) in [7, 11) is 1.61. The van der Waals surface area contributed by atoms with Crippen LogP contribution in [0.25, 0.3) is 0 Å². The highest BCUT2D eigenvalue weighted by Gasteiger charge is 2.58. The lowest BCUT2D eigenvalue weighted by molar-refractivity contribution is 0.101. The molecule has 1 saturated carbocycles. The van der Waals surface area contributed by atoms with E-state index in [4.69, 9.17) is 4.74 Å². The van der Waals surface area contributed by atoms with E-state index in [9.17, 15) is 4.79 Å². The van der Waals surface area contributed by atoms with Gasteiger partial charge in [0.2, 0.25) is 0 Å². The Morgan fingerprint density at radius 3 is 2.88 bits per heavy atom. The monoisotopic (exact) mass is 231 g/mol. The molecule has 1 aromatic rings. The van der Waals surface area contributed by atoms with Crippen molar-refractivity contribution in [3.05, 3.63) is 29.3 Å². The molecule has 1 aliphatic heterocycles. The van der Waals surface area contributed by atoms with E-state index in [2.05, 4.69) is 11.4 Å². The molecule has 1 N–H and O–H groups in total. The van der Waals surface area contributed by atoms with Gasteiger partial charge in [0.15, 0.2) is 5.78 Å². The van der Waals surface area contributed by atoms with Crippen molar-refractivity contribution in [2.45, 2.75) is 18.8 Å². The number of hydrogen-bond donors (Lipinski definition) is 1. The molecule has 2 atom stereocenters. The Balaban J connectivity index is 2.02. The lowest BCUT2D eigenvalue weighted by atomic mass is 9.92. The van der Waals surface area contributed by atoms with Crippen molar-refractivity contribution in [1.82, 2.24) is 5.32 Å². The maximum absolute atomic E-state index is 11.6. The average molecular weight is 231 g/mol. The molecule has 0 aromatic heterocycles. The van der Waals surface area contributed by atoms with Crippen LogP contribution >= 0.6 is 0 Å². The lowest BCUT2D eigenvalue weighted by Gasteiger charge is -2.15. The third-order valence-corrected chi connectivity index (χ3v) is 4.22. The Morgan fingerprint density at radius 1 is 1.53 bits per heavy atom. The van der Waals surface area contributed by atoms with Crippen LogP contribution in [0.1, 0.15) is 29.3 Å². The molecule has 17 heavy (non-hydrogen) atoms. The number of carbonyl (C=O) groups is 1. The number of fused-ring (bicyclic) bond motifs is 1. The Labute approximate surface area is 101 Å². The zero-order chi connectivity index (χ0) is 12.0. The van der Waals surface area contributed by atoms with Crippen LogP contribution < -0.4 is 10.1 Å². The zero-order valence-corrected chi connectivity index (χ0v) is 10.2. The molecule has 3 nitrogen and oxygen atoms in total. The molecule has 90 valence electrons. The number of rotatable bonds is 3. The number of nitrogens with one attached hydrogen (secondary N) is 1. The smallest absolute Gasteiger partial charge is 0.163 e. The summed E-state index contributed by atoms with van der Waals surface area (Å²) in [5, 5.41) is 3.42. The summed E-state index contributed by atoms with van der Waals surface area (Å²) in [6.07, 6.45) is 1.25. The van der Waals surface area contributed by atoms with Crippen molar-refractivity contribution in [3.63, 3.8) is 0 Å². The predicted molar refractivity (Wildman–Crippen MR) is 65.7 cm³/mol. The fourth-order valence-electron chi connectivity index (χ4n) is 3.08. The Hall–Kier alpha value is -1.35. The zero-order valence-electron chi connectivity index (χ0n) is 10.2. The van der Waals surface area contributed by atoms with Crippen LogP contribution in [0.3, 0.4) is 0 Å². The first-order valence-electron chi connectivity index (χ1n) is 6.07. The number of methoxy groups -OCH3 is 1. The molecule has 1 aromatic carbocycles. The SMILES string of the molecule is COc1ccc([C@]23CNCC2C3)cc1C(C)=O. The van der Waals surface area contributed by atoms with Crippen LogP contribution in [0.5, 0.6) is 5.75 Å². The summed E-state index contributed by atoms with van der Waals surface area (Å²) in [5.74, 6) is 1.51. The van der Waals surface area contributed by atoms with Gasteiger partial charge in [0.1, 0.15) is 5.75 Å². The minimum absolute atomic E-state index is 0.0725. The van der Waals surface area contributed by atoms with Gasteiger partial charge in [-0.1, -0.05) is 6.07 Å². The molecular weight excluding hydrogens is 214 g/mol. The second kappa shape index (κ2) is 3.57. The molecule has 1 aliphatic carbocycles. The molecule has 2 fully saturated rings. The number of ether oxygens (including phenoxy) is 1. The number of Topliss-reactive ketones (excluding diaryl/α,β-unsaturated/α-hetero) is 1. The van der Waals surface area contributed by atoms with Crippen molar-refractivity contribution in [2.24, 2.45) is 5.92 Å². The van der Waals surface area contributed by atoms with E-state index in [-0.39, 0.29) is 5.78 Å². The second-order valence-corrected chi connectivity index (χ2v) is 5.16. The Kier molecular flexibility index (Phi) is 2.26. The number of carbonyl (C=O) groups excluding carboxylic acids is 1. The summed E-state index contributed by atoms with van der Waals surface area (Å²) in [5.41, 5.74) is 2.30. The number of hydrogen-bond acceptors (Lipinski definition) is 3. The molecule has 0 spiro atoms. The molecule has 3 rings (SSSR count). The molecular formula is C14H17NO2.